The largest absolute Gasteiger partial charge is 0.486 e. The first-order valence-corrected chi connectivity index (χ1v) is 5.84. The van der Waals surface area contributed by atoms with E-state index < -0.39 is 17.4 Å². The highest BCUT2D eigenvalue weighted by Gasteiger charge is 2.25. The predicted octanol–water partition coefficient (Wildman–Crippen LogP) is 2.31. The molecule has 0 N–H and O–H groups in total. The number of hydrogen-bond donors (Lipinski definition) is 0. The highest BCUT2D eigenvalue weighted by atomic mass is 19.1. The second-order valence-corrected chi connectivity index (χ2v) is 4.44. The molecule has 1 aromatic carbocycles. The number of ether oxygens (including phenoxy) is 1. The first kappa shape index (κ1) is 12.8. The highest BCUT2D eigenvalue weighted by Crippen LogP contribution is 2.26. The van der Waals surface area contributed by atoms with Gasteiger partial charge < -0.3 is 9.64 Å². The Kier molecular flexibility index (Phi) is 3.78. The maximum atomic E-state index is 13.5. The van der Waals surface area contributed by atoms with Crippen molar-refractivity contribution in [1.29, 1.82) is 5.26 Å². The van der Waals surface area contributed by atoms with Gasteiger partial charge in [0.15, 0.2) is 17.4 Å². The van der Waals surface area contributed by atoms with E-state index in [1.165, 1.54) is 12.8 Å². The lowest BCUT2D eigenvalue weighted by atomic mass is 10.2. The number of rotatable bonds is 5. The molecule has 0 aromatic heterocycles. The molecule has 0 aliphatic heterocycles. The van der Waals surface area contributed by atoms with Crippen molar-refractivity contribution in [1.82, 2.24) is 4.90 Å². The Morgan fingerprint density at radius 3 is 2.50 bits per heavy atom. The van der Waals surface area contributed by atoms with Crippen LogP contribution in [0.4, 0.5) is 8.78 Å². The Hall–Kier alpha value is -1.67. The molecule has 5 heteroatoms. The van der Waals surface area contributed by atoms with Crippen LogP contribution in [0.1, 0.15) is 18.4 Å². The zero-order valence-corrected chi connectivity index (χ0v) is 10.1. The number of hydrogen-bond acceptors (Lipinski definition) is 3. The molecular weight excluding hydrogens is 238 g/mol. The normalized spacial score (nSPS) is 14.6. The van der Waals surface area contributed by atoms with Crippen molar-refractivity contribution >= 4 is 0 Å². The van der Waals surface area contributed by atoms with Crippen molar-refractivity contribution in [3.05, 3.63) is 29.3 Å². The molecule has 0 radical (unpaired) electrons. The third kappa shape index (κ3) is 2.96. The molecular formula is C13H14F2N2O. The molecule has 0 bridgehead atoms. The van der Waals surface area contributed by atoms with E-state index in [2.05, 4.69) is 4.90 Å². The fourth-order valence-corrected chi connectivity index (χ4v) is 1.75. The Balaban J connectivity index is 1.94. The molecule has 0 atom stereocenters. The van der Waals surface area contributed by atoms with Crippen LogP contribution in [0.3, 0.4) is 0 Å². The van der Waals surface area contributed by atoms with Crippen LogP contribution in [0.2, 0.25) is 0 Å². The molecule has 0 spiro atoms. The summed E-state index contributed by atoms with van der Waals surface area (Å²) in [6.07, 6.45) is 2.35. The van der Waals surface area contributed by atoms with Gasteiger partial charge in [-0.2, -0.15) is 5.26 Å². The smallest absolute Gasteiger partial charge is 0.190 e. The summed E-state index contributed by atoms with van der Waals surface area (Å²) < 4.78 is 32.0. The van der Waals surface area contributed by atoms with Crippen molar-refractivity contribution < 1.29 is 13.5 Å². The second kappa shape index (κ2) is 5.32. The Morgan fingerprint density at radius 2 is 2.00 bits per heavy atom. The number of likely N-dealkylation sites (N-methyl/N-ethyl adjacent to an activating group) is 1. The summed E-state index contributed by atoms with van der Waals surface area (Å²) in [7, 11) is 1.96. The van der Waals surface area contributed by atoms with Gasteiger partial charge in [-0.05, 0) is 32.0 Å². The number of halogens is 2. The van der Waals surface area contributed by atoms with Crippen LogP contribution in [0.15, 0.2) is 12.1 Å². The van der Waals surface area contributed by atoms with Crippen molar-refractivity contribution in [2.24, 2.45) is 0 Å². The summed E-state index contributed by atoms with van der Waals surface area (Å²) in [5.41, 5.74) is -0.0487. The van der Waals surface area contributed by atoms with Gasteiger partial charge in [0.1, 0.15) is 6.61 Å². The molecule has 96 valence electrons. The SMILES string of the molecule is CN(CCOc1c(F)cc(C#N)cc1F)C1CC1. The summed E-state index contributed by atoms with van der Waals surface area (Å²) in [5, 5.41) is 8.56. The van der Waals surface area contributed by atoms with Gasteiger partial charge in [-0.1, -0.05) is 0 Å². The lowest BCUT2D eigenvalue weighted by molar-refractivity contribution is 0.219. The van der Waals surface area contributed by atoms with E-state index in [1.54, 1.807) is 6.07 Å². The highest BCUT2D eigenvalue weighted by molar-refractivity contribution is 5.37. The lowest BCUT2D eigenvalue weighted by Crippen LogP contribution is -2.26. The van der Waals surface area contributed by atoms with Gasteiger partial charge in [0.25, 0.3) is 0 Å². The third-order valence-corrected chi connectivity index (χ3v) is 2.99. The van der Waals surface area contributed by atoms with Crippen molar-refractivity contribution in [2.45, 2.75) is 18.9 Å². The molecule has 2 rings (SSSR count). The molecule has 0 saturated heterocycles. The molecule has 1 aliphatic carbocycles. The van der Waals surface area contributed by atoms with Crippen LogP contribution in [0.5, 0.6) is 5.75 Å². The molecule has 0 amide bonds. The van der Waals surface area contributed by atoms with Crippen LogP contribution < -0.4 is 4.74 Å². The van der Waals surface area contributed by atoms with Crippen LogP contribution in [-0.4, -0.2) is 31.1 Å². The van der Waals surface area contributed by atoms with Crippen LogP contribution in [-0.2, 0) is 0 Å². The van der Waals surface area contributed by atoms with E-state index in [0.717, 1.165) is 12.1 Å². The van der Waals surface area contributed by atoms with Crippen LogP contribution in [0, 0.1) is 23.0 Å². The van der Waals surface area contributed by atoms with Crippen LogP contribution in [0.25, 0.3) is 0 Å². The van der Waals surface area contributed by atoms with E-state index in [0.29, 0.717) is 12.6 Å². The number of nitrogens with zero attached hydrogens (tertiary/aromatic N) is 2. The Morgan fingerprint density at radius 1 is 1.39 bits per heavy atom. The first-order chi connectivity index (χ1) is 8.61. The minimum absolute atomic E-state index is 0.0487. The average molecular weight is 252 g/mol. The summed E-state index contributed by atoms with van der Waals surface area (Å²) in [5.74, 6) is -2.07. The fourth-order valence-electron chi connectivity index (χ4n) is 1.75. The average Bonchev–Trinajstić information content (AvgIpc) is 3.16. The quantitative estimate of drug-likeness (QED) is 0.806. The molecule has 0 unspecified atom stereocenters. The van der Waals surface area contributed by atoms with E-state index in [1.807, 2.05) is 7.05 Å². The topological polar surface area (TPSA) is 36.3 Å². The van der Waals surface area contributed by atoms with Gasteiger partial charge in [-0.3, -0.25) is 0 Å². The predicted molar refractivity (Wildman–Crippen MR) is 62.2 cm³/mol. The number of benzene rings is 1. The maximum absolute atomic E-state index is 13.5. The van der Waals surface area contributed by atoms with Gasteiger partial charge in [-0.25, -0.2) is 8.78 Å². The van der Waals surface area contributed by atoms with Crippen molar-refractivity contribution in [3.63, 3.8) is 0 Å². The van der Waals surface area contributed by atoms with Gasteiger partial charge in [0.05, 0.1) is 11.6 Å². The van der Waals surface area contributed by atoms with Gasteiger partial charge >= 0.3 is 0 Å². The fraction of sp³-hybridized carbons (Fsp3) is 0.462. The minimum atomic E-state index is -0.833. The zero-order chi connectivity index (χ0) is 13.1. The summed E-state index contributed by atoms with van der Waals surface area (Å²) in [6, 6.07) is 4.23. The standard InChI is InChI=1S/C13H14F2N2O/c1-17(10-2-3-10)4-5-18-13-11(14)6-9(8-16)7-12(13)15/h6-7,10H,2-5H2,1H3. The Bertz CT molecular complexity index is 457. The molecule has 1 fully saturated rings. The van der Waals surface area contributed by atoms with E-state index in [-0.39, 0.29) is 12.2 Å². The lowest BCUT2D eigenvalue weighted by Gasteiger charge is -2.16. The number of nitriles is 1. The monoisotopic (exact) mass is 252 g/mol. The molecule has 1 saturated carbocycles. The Labute approximate surface area is 105 Å². The van der Waals surface area contributed by atoms with Gasteiger partial charge in [-0.15, -0.1) is 0 Å². The molecule has 1 aromatic rings. The van der Waals surface area contributed by atoms with Crippen LogP contribution >= 0.6 is 0 Å². The van der Waals surface area contributed by atoms with Gasteiger partial charge in [0.2, 0.25) is 0 Å². The van der Waals surface area contributed by atoms with Crippen molar-refractivity contribution in [3.8, 4) is 11.8 Å². The van der Waals surface area contributed by atoms with Gasteiger partial charge in [0, 0.05) is 12.6 Å². The summed E-state index contributed by atoms with van der Waals surface area (Å²) in [6.45, 7) is 0.857. The molecule has 3 nitrogen and oxygen atoms in total. The van der Waals surface area contributed by atoms with E-state index >= 15 is 0 Å². The maximum Gasteiger partial charge on any atom is 0.190 e. The van der Waals surface area contributed by atoms with E-state index in [9.17, 15) is 8.78 Å². The zero-order valence-electron chi connectivity index (χ0n) is 10.1. The third-order valence-electron chi connectivity index (χ3n) is 2.99. The summed E-state index contributed by atoms with van der Waals surface area (Å²) >= 11 is 0. The molecule has 1 aliphatic rings. The minimum Gasteiger partial charge on any atom is -0.486 e. The first-order valence-electron chi connectivity index (χ1n) is 5.84. The van der Waals surface area contributed by atoms with E-state index in [4.69, 9.17) is 10.00 Å². The molecule has 0 heterocycles. The van der Waals surface area contributed by atoms with Crippen molar-refractivity contribution in [2.75, 3.05) is 20.2 Å². The molecule has 18 heavy (non-hydrogen) atoms. The summed E-state index contributed by atoms with van der Waals surface area (Å²) in [4.78, 5) is 2.11. The second-order valence-electron chi connectivity index (χ2n) is 4.44.